The molecule has 0 aliphatic rings. The molecular weight excluding hydrogens is 622 g/mol. The highest BCUT2D eigenvalue weighted by Gasteiger charge is 2.34. The number of imidazole rings is 1. The minimum atomic E-state index is -1.02. The summed E-state index contributed by atoms with van der Waals surface area (Å²) in [5.41, 5.74) is 16.8. The Balaban J connectivity index is 1.75. The minimum Gasteiger partial charge on any atom is -0.496 e. The Hall–Kier alpha value is -5.29. The molecule has 0 bridgehead atoms. The number of benzene rings is 3. The average Bonchev–Trinajstić information content (AvgIpc) is 3.57. The Labute approximate surface area is 287 Å². The van der Waals surface area contributed by atoms with Gasteiger partial charge >= 0.3 is 0 Å². The molecule has 0 spiro atoms. The van der Waals surface area contributed by atoms with Crippen molar-refractivity contribution < 1.29 is 28.7 Å². The third-order valence-corrected chi connectivity index (χ3v) is 9.22. The summed E-state index contributed by atoms with van der Waals surface area (Å²) in [4.78, 5) is 60.1. The van der Waals surface area contributed by atoms with E-state index in [0.29, 0.717) is 40.3 Å². The van der Waals surface area contributed by atoms with E-state index in [1.807, 2.05) is 57.2 Å². The van der Waals surface area contributed by atoms with Gasteiger partial charge in [0.25, 0.3) is 6.47 Å². The third-order valence-electron chi connectivity index (χ3n) is 9.22. The van der Waals surface area contributed by atoms with Gasteiger partial charge < -0.3 is 30.8 Å². The molecule has 1 heterocycles. The number of aromatic nitrogens is 2. The van der Waals surface area contributed by atoms with E-state index in [4.69, 9.17) is 20.9 Å². The van der Waals surface area contributed by atoms with Crippen molar-refractivity contribution >= 4 is 24.1 Å². The average molecular weight is 668 g/mol. The topological polar surface area (TPSA) is 171 Å². The van der Waals surface area contributed by atoms with Crippen LogP contribution in [0.2, 0.25) is 0 Å². The number of ketones is 1. The summed E-state index contributed by atoms with van der Waals surface area (Å²) in [7, 11) is 1.50. The lowest BCUT2D eigenvalue weighted by atomic mass is 9.80. The maximum Gasteiger partial charge on any atom is 0.293 e. The second-order valence-electron chi connectivity index (χ2n) is 12.9. The molecule has 0 radical (unpaired) electrons. The van der Waals surface area contributed by atoms with Crippen molar-refractivity contribution in [2.24, 2.45) is 11.5 Å². The molecule has 3 unspecified atom stereocenters. The van der Waals surface area contributed by atoms with Gasteiger partial charge in [-0.25, -0.2) is 4.98 Å². The lowest BCUT2D eigenvalue weighted by Gasteiger charge is -2.34. The molecule has 49 heavy (non-hydrogen) atoms. The molecule has 0 aliphatic carbocycles. The second kappa shape index (κ2) is 15.3. The largest absolute Gasteiger partial charge is 0.496 e. The van der Waals surface area contributed by atoms with Gasteiger partial charge in [0.15, 0.2) is 5.78 Å². The van der Waals surface area contributed by atoms with Gasteiger partial charge in [-0.05, 0) is 93.1 Å². The van der Waals surface area contributed by atoms with Crippen LogP contribution in [0.1, 0.15) is 95.4 Å². The first-order valence-electron chi connectivity index (χ1n) is 16.1. The summed E-state index contributed by atoms with van der Waals surface area (Å²) in [6, 6.07) is 16.8. The van der Waals surface area contributed by atoms with Crippen LogP contribution in [0.25, 0.3) is 11.3 Å². The highest BCUT2D eigenvalue weighted by Crippen LogP contribution is 2.35. The quantitative estimate of drug-likeness (QED) is 0.112. The number of aryl methyl sites for hydroxylation is 1. The van der Waals surface area contributed by atoms with Crippen molar-refractivity contribution in [2.45, 2.75) is 78.1 Å². The van der Waals surface area contributed by atoms with Crippen LogP contribution in [0.15, 0.2) is 66.9 Å². The second-order valence-corrected chi connectivity index (χ2v) is 12.9. The molecule has 1 aromatic heterocycles. The number of amides is 2. The first kappa shape index (κ1) is 36.5. The fourth-order valence-corrected chi connectivity index (χ4v) is 5.96. The predicted octanol–water partition coefficient (Wildman–Crippen LogP) is 5.41. The molecule has 2 amide bonds. The van der Waals surface area contributed by atoms with Crippen molar-refractivity contribution in [1.82, 2.24) is 14.9 Å². The monoisotopic (exact) mass is 667 g/mol. The van der Waals surface area contributed by atoms with E-state index < -0.39 is 23.6 Å². The fraction of sp³-hybridized carbons (Fsp3) is 0.342. The zero-order valence-electron chi connectivity index (χ0n) is 29.1. The normalized spacial score (nSPS) is 13.2. The molecule has 0 saturated heterocycles. The van der Waals surface area contributed by atoms with Gasteiger partial charge in [-0.15, -0.1) is 0 Å². The third kappa shape index (κ3) is 8.24. The number of nitrogens with zero attached hydrogens (tertiary/aromatic N) is 2. The van der Waals surface area contributed by atoms with E-state index in [9.17, 15) is 19.2 Å². The van der Waals surface area contributed by atoms with E-state index in [-0.39, 0.29) is 30.6 Å². The van der Waals surface area contributed by atoms with Crippen LogP contribution in [-0.2, 0) is 27.3 Å². The number of hydrogen-bond acceptors (Lipinski definition) is 8. The maximum absolute atomic E-state index is 14.5. The van der Waals surface area contributed by atoms with Crippen LogP contribution >= 0.6 is 0 Å². The van der Waals surface area contributed by atoms with Gasteiger partial charge in [0.1, 0.15) is 17.2 Å². The number of nitrogens with two attached hydrogens (primary N) is 2. The molecule has 0 fully saturated rings. The van der Waals surface area contributed by atoms with Crippen molar-refractivity contribution in [1.29, 1.82) is 0 Å². The number of H-pyrrole nitrogens is 1. The summed E-state index contributed by atoms with van der Waals surface area (Å²) >= 11 is 0. The number of hydrogen-bond donors (Lipinski definition) is 3. The molecule has 3 atom stereocenters. The molecule has 4 aromatic rings. The van der Waals surface area contributed by atoms with E-state index in [1.54, 1.807) is 49.2 Å². The number of rotatable bonds is 15. The summed E-state index contributed by atoms with van der Waals surface area (Å²) in [6.45, 7) is 11.1. The summed E-state index contributed by atoms with van der Waals surface area (Å²) in [5.74, 6) is -0.509. The molecule has 0 saturated carbocycles. The predicted molar refractivity (Wildman–Crippen MR) is 187 cm³/mol. The number of methoxy groups -OCH3 is 1. The van der Waals surface area contributed by atoms with E-state index in [0.717, 1.165) is 22.4 Å². The maximum atomic E-state index is 14.5. The van der Waals surface area contributed by atoms with Crippen LogP contribution in [0.4, 0.5) is 0 Å². The number of Topliss-reactive ketones (excluding diaryl/α,β-unsaturated/α-hetero) is 1. The van der Waals surface area contributed by atoms with Gasteiger partial charge in [0, 0.05) is 18.0 Å². The zero-order valence-corrected chi connectivity index (χ0v) is 29.1. The van der Waals surface area contributed by atoms with Crippen molar-refractivity contribution in [3.8, 4) is 17.0 Å². The number of nitrogens with one attached hydrogen (secondary N) is 1. The fourth-order valence-electron chi connectivity index (χ4n) is 5.96. The van der Waals surface area contributed by atoms with E-state index >= 15 is 0 Å². The Morgan fingerprint density at radius 1 is 1.06 bits per heavy atom. The summed E-state index contributed by atoms with van der Waals surface area (Å²) in [5, 5.41) is 0. The highest BCUT2D eigenvalue weighted by molar-refractivity contribution is 5.97. The number of primary amides is 1. The van der Waals surface area contributed by atoms with Gasteiger partial charge in [0.05, 0.1) is 36.6 Å². The SMILES string of the molecule is COc1ccc(CN(C(=O)C(N)Cc2c(C)cc(C(N)=O)cc2C(C)C(C)(C)OC=O)C(C)c2ncc(-c3ccccc3)[nH]2)cc1C(C)=O. The molecule has 4 rings (SSSR count). The van der Waals surface area contributed by atoms with E-state index in [1.165, 1.54) is 14.0 Å². The number of carbonyl (C=O) groups excluding carboxylic acids is 4. The number of ether oxygens (including phenoxy) is 2. The van der Waals surface area contributed by atoms with Gasteiger partial charge in [-0.3, -0.25) is 19.2 Å². The van der Waals surface area contributed by atoms with Crippen molar-refractivity contribution in [3.63, 3.8) is 0 Å². The van der Waals surface area contributed by atoms with E-state index in [2.05, 4.69) is 9.97 Å². The molecule has 258 valence electrons. The standard InChI is InChI=1S/C38H45N5O6/c1-22-15-28(35(40)46)17-30(23(2)38(5,6)49-21-44)29(22)18-32(39)37(47)43(20-26-13-14-34(48-7)31(16-26)25(4)45)24(3)36-41-19-33(42-36)27-11-9-8-10-12-27/h8-17,19,21,23-24,32H,18,20,39H2,1-7H3,(H2,40,46)(H,41,42). The Bertz CT molecular complexity index is 1830. The van der Waals surface area contributed by atoms with Crippen molar-refractivity contribution in [3.05, 3.63) is 106 Å². The van der Waals surface area contributed by atoms with Gasteiger partial charge in [-0.1, -0.05) is 43.3 Å². The first-order valence-corrected chi connectivity index (χ1v) is 16.1. The van der Waals surface area contributed by atoms with Crippen LogP contribution in [0, 0.1) is 6.92 Å². The lowest BCUT2D eigenvalue weighted by Crippen LogP contribution is -2.46. The van der Waals surface area contributed by atoms with Gasteiger partial charge in [-0.2, -0.15) is 0 Å². The highest BCUT2D eigenvalue weighted by atomic mass is 16.5. The Kier molecular flexibility index (Phi) is 11.4. The molecule has 3 aromatic carbocycles. The number of aromatic amines is 1. The smallest absolute Gasteiger partial charge is 0.293 e. The molecule has 0 aliphatic heterocycles. The summed E-state index contributed by atoms with van der Waals surface area (Å²) in [6.07, 6.45) is 1.85. The zero-order chi connectivity index (χ0) is 36.0. The Morgan fingerprint density at radius 2 is 1.76 bits per heavy atom. The minimum absolute atomic E-state index is 0.124. The lowest BCUT2D eigenvalue weighted by molar-refractivity contribution is -0.142. The summed E-state index contributed by atoms with van der Waals surface area (Å²) < 4.78 is 10.8. The molecule has 11 nitrogen and oxygen atoms in total. The van der Waals surface area contributed by atoms with Crippen LogP contribution < -0.4 is 16.2 Å². The molecular formula is C38H45N5O6. The molecule has 11 heteroatoms. The van der Waals surface area contributed by atoms with Crippen LogP contribution in [0.3, 0.4) is 0 Å². The van der Waals surface area contributed by atoms with Crippen LogP contribution in [0.5, 0.6) is 5.75 Å². The number of carbonyl (C=O) groups is 4. The Morgan fingerprint density at radius 3 is 2.37 bits per heavy atom. The van der Waals surface area contributed by atoms with Crippen molar-refractivity contribution in [2.75, 3.05) is 7.11 Å². The first-order chi connectivity index (χ1) is 23.2. The van der Waals surface area contributed by atoms with Gasteiger partial charge in [0.2, 0.25) is 11.8 Å². The molecule has 5 N–H and O–H groups in total. The van der Waals surface area contributed by atoms with Crippen LogP contribution in [-0.4, -0.2) is 57.7 Å².